The standard InChI is InChI=1S/C12H16FN3O3/c1-19-5-4-10(14)12(18)16-7-2-3-9(13)8(6-7)11(15)17/h2-3,6,10H,4-5,14H2,1H3,(H2,15,17)(H,16,18). The molecule has 104 valence electrons. The number of primary amides is 1. The Balaban J connectivity index is 2.74. The van der Waals surface area contributed by atoms with E-state index < -0.39 is 23.7 Å². The van der Waals surface area contributed by atoms with E-state index in [4.69, 9.17) is 16.2 Å². The molecule has 5 N–H and O–H groups in total. The van der Waals surface area contributed by atoms with Gasteiger partial charge in [-0.3, -0.25) is 9.59 Å². The van der Waals surface area contributed by atoms with E-state index in [0.717, 1.165) is 6.07 Å². The Hall–Kier alpha value is -1.99. The number of nitrogens with two attached hydrogens (primary N) is 2. The summed E-state index contributed by atoms with van der Waals surface area (Å²) in [6, 6.07) is 2.79. The molecule has 1 aromatic rings. The maximum Gasteiger partial charge on any atom is 0.251 e. The van der Waals surface area contributed by atoms with E-state index in [-0.39, 0.29) is 11.3 Å². The smallest absolute Gasteiger partial charge is 0.251 e. The number of anilines is 1. The molecule has 1 rings (SSSR count). The van der Waals surface area contributed by atoms with Crippen molar-refractivity contribution in [3.05, 3.63) is 29.6 Å². The fourth-order valence-electron chi connectivity index (χ4n) is 1.40. The van der Waals surface area contributed by atoms with E-state index in [0.29, 0.717) is 13.0 Å². The van der Waals surface area contributed by atoms with Crippen LogP contribution in [0.25, 0.3) is 0 Å². The zero-order valence-electron chi connectivity index (χ0n) is 10.5. The molecule has 6 nitrogen and oxygen atoms in total. The van der Waals surface area contributed by atoms with Crippen molar-refractivity contribution in [2.75, 3.05) is 19.0 Å². The number of ether oxygens (including phenoxy) is 1. The first-order valence-electron chi connectivity index (χ1n) is 5.60. The Bertz CT molecular complexity index is 479. The topological polar surface area (TPSA) is 107 Å². The Morgan fingerprint density at radius 2 is 2.16 bits per heavy atom. The van der Waals surface area contributed by atoms with Gasteiger partial charge in [0.15, 0.2) is 0 Å². The summed E-state index contributed by atoms with van der Waals surface area (Å²) in [5, 5.41) is 2.48. The van der Waals surface area contributed by atoms with Crippen molar-refractivity contribution in [3.8, 4) is 0 Å². The van der Waals surface area contributed by atoms with Crippen LogP contribution in [0.3, 0.4) is 0 Å². The van der Waals surface area contributed by atoms with Gasteiger partial charge in [0, 0.05) is 19.4 Å². The molecule has 7 heteroatoms. The van der Waals surface area contributed by atoms with Crippen LogP contribution in [0.1, 0.15) is 16.8 Å². The van der Waals surface area contributed by atoms with Crippen LogP contribution in [0.4, 0.5) is 10.1 Å². The van der Waals surface area contributed by atoms with E-state index in [1.165, 1.54) is 19.2 Å². The van der Waals surface area contributed by atoms with Gasteiger partial charge in [0.1, 0.15) is 5.82 Å². The fraction of sp³-hybridized carbons (Fsp3) is 0.333. The quantitative estimate of drug-likeness (QED) is 0.686. The number of hydrogen-bond donors (Lipinski definition) is 3. The second-order valence-electron chi connectivity index (χ2n) is 3.94. The minimum absolute atomic E-state index is 0.257. The minimum atomic E-state index is -0.905. The molecule has 0 aromatic heterocycles. The molecule has 0 aliphatic rings. The number of nitrogens with one attached hydrogen (secondary N) is 1. The molecule has 1 atom stereocenters. The Kier molecular flexibility index (Phi) is 5.40. The number of amides is 2. The number of carbonyl (C=O) groups is 2. The number of methoxy groups -OCH3 is 1. The molecule has 0 aliphatic carbocycles. The van der Waals surface area contributed by atoms with E-state index in [1.54, 1.807) is 0 Å². The largest absolute Gasteiger partial charge is 0.385 e. The summed E-state index contributed by atoms with van der Waals surface area (Å²) in [7, 11) is 1.50. The third-order valence-corrected chi connectivity index (χ3v) is 2.47. The van der Waals surface area contributed by atoms with Gasteiger partial charge in [0.2, 0.25) is 5.91 Å². The molecule has 0 aliphatic heterocycles. The predicted octanol–water partition coefficient (Wildman–Crippen LogP) is 0.227. The van der Waals surface area contributed by atoms with Crippen LogP contribution in [0.5, 0.6) is 0 Å². The predicted molar refractivity (Wildman–Crippen MR) is 68.0 cm³/mol. The molecule has 1 unspecified atom stereocenters. The molecular formula is C12H16FN3O3. The highest BCUT2D eigenvalue weighted by atomic mass is 19.1. The van der Waals surface area contributed by atoms with Crippen LogP contribution < -0.4 is 16.8 Å². The number of carbonyl (C=O) groups excluding carboxylic acids is 2. The number of benzene rings is 1. The maximum atomic E-state index is 13.2. The Morgan fingerprint density at radius 1 is 1.47 bits per heavy atom. The van der Waals surface area contributed by atoms with Crippen molar-refractivity contribution in [1.82, 2.24) is 0 Å². The third-order valence-electron chi connectivity index (χ3n) is 2.47. The SMILES string of the molecule is COCCC(N)C(=O)Nc1ccc(F)c(C(N)=O)c1. The summed E-state index contributed by atoms with van der Waals surface area (Å²) in [5.74, 6) is -2.09. The van der Waals surface area contributed by atoms with Gasteiger partial charge in [-0.25, -0.2) is 4.39 Å². The molecule has 0 saturated carbocycles. The van der Waals surface area contributed by atoms with Crippen molar-refractivity contribution in [2.24, 2.45) is 11.5 Å². The van der Waals surface area contributed by atoms with Crippen LogP contribution in [-0.2, 0) is 9.53 Å². The monoisotopic (exact) mass is 269 g/mol. The first-order valence-corrected chi connectivity index (χ1v) is 5.60. The highest BCUT2D eigenvalue weighted by molar-refractivity contribution is 5.98. The molecule has 0 saturated heterocycles. The zero-order valence-corrected chi connectivity index (χ0v) is 10.5. The van der Waals surface area contributed by atoms with Crippen LogP contribution >= 0.6 is 0 Å². The van der Waals surface area contributed by atoms with E-state index in [1.807, 2.05) is 0 Å². The first-order chi connectivity index (χ1) is 8.95. The van der Waals surface area contributed by atoms with E-state index >= 15 is 0 Å². The van der Waals surface area contributed by atoms with E-state index in [9.17, 15) is 14.0 Å². The van der Waals surface area contributed by atoms with Gasteiger partial charge in [0.05, 0.1) is 11.6 Å². The second-order valence-corrected chi connectivity index (χ2v) is 3.94. The van der Waals surface area contributed by atoms with Crippen molar-refractivity contribution in [2.45, 2.75) is 12.5 Å². The number of hydrogen-bond acceptors (Lipinski definition) is 4. The Labute approximate surface area is 109 Å². The lowest BCUT2D eigenvalue weighted by Crippen LogP contribution is -2.36. The van der Waals surface area contributed by atoms with Gasteiger partial charge in [-0.15, -0.1) is 0 Å². The lowest BCUT2D eigenvalue weighted by atomic mass is 10.1. The van der Waals surface area contributed by atoms with Crippen LogP contribution in [0.15, 0.2) is 18.2 Å². The lowest BCUT2D eigenvalue weighted by molar-refractivity contribution is -0.117. The minimum Gasteiger partial charge on any atom is -0.385 e. The van der Waals surface area contributed by atoms with Gasteiger partial charge < -0.3 is 21.5 Å². The van der Waals surface area contributed by atoms with Crippen LogP contribution in [0.2, 0.25) is 0 Å². The molecule has 2 amide bonds. The molecule has 0 radical (unpaired) electrons. The normalized spacial score (nSPS) is 11.9. The molecule has 0 fully saturated rings. The molecule has 0 spiro atoms. The summed E-state index contributed by atoms with van der Waals surface area (Å²) in [5.41, 5.74) is 10.6. The number of rotatable bonds is 6. The first kappa shape index (κ1) is 15.1. The van der Waals surface area contributed by atoms with Gasteiger partial charge >= 0.3 is 0 Å². The van der Waals surface area contributed by atoms with Gasteiger partial charge in [-0.1, -0.05) is 0 Å². The summed E-state index contributed by atoms with van der Waals surface area (Å²) in [4.78, 5) is 22.6. The van der Waals surface area contributed by atoms with Crippen LogP contribution in [-0.4, -0.2) is 31.6 Å². The molecule has 19 heavy (non-hydrogen) atoms. The van der Waals surface area contributed by atoms with Gasteiger partial charge in [-0.2, -0.15) is 0 Å². The highest BCUT2D eigenvalue weighted by Crippen LogP contribution is 2.14. The molecule has 0 bridgehead atoms. The molecule has 1 aromatic carbocycles. The highest BCUT2D eigenvalue weighted by Gasteiger charge is 2.15. The zero-order chi connectivity index (χ0) is 14.4. The van der Waals surface area contributed by atoms with Gasteiger partial charge in [-0.05, 0) is 24.6 Å². The summed E-state index contributed by atoms with van der Waals surface area (Å²) in [6.07, 6.45) is 0.353. The van der Waals surface area contributed by atoms with E-state index in [2.05, 4.69) is 5.32 Å². The Morgan fingerprint density at radius 3 is 2.74 bits per heavy atom. The number of halogens is 1. The average Bonchev–Trinajstić information content (AvgIpc) is 2.37. The van der Waals surface area contributed by atoms with Crippen molar-refractivity contribution < 1.29 is 18.7 Å². The van der Waals surface area contributed by atoms with Crippen molar-refractivity contribution >= 4 is 17.5 Å². The summed E-state index contributed by atoms with van der Waals surface area (Å²) < 4.78 is 18.0. The third kappa shape index (κ3) is 4.31. The maximum absolute atomic E-state index is 13.2. The average molecular weight is 269 g/mol. The lowest BCUT2D eigenvalue weighted by Gasteiger charge is -2.12. The summed E-state index contributed by atoms with van der Waals surface area (Å²) >= 11 is 0. The molecular weight excluding hydrogens is 253 g/mol. The summed E-state index contributed by atoms with van der Waals surface area (Å²) in [6.45, 7) is 0.352. The van der Waals surface area contributed by atoms with Crippen LogP contribution in [0, 0.1) is 5.82 Å². The second kappa shape index (κ2) is 6.81. The fourth-order valence-corrected chi connectivity index (χ4v) is 1.40. The van der Waals surface area contributed by atoms with Crippen molar-refractivity contribution in [1.29, 1.82) is 0 Å². The molecule has 0 heterocycles. The van der Waals surface area contributed by atoms with Crippen molar-refractivity contribution in [3.63, 3.8) is 0 Å². The van der Waals surface area contributed by atoms with Gasteiger partial charge in [0.25, 0.3) is 5.91 Å².